The first-order chi connectivity index (χ1) is 13.1. The Bertz CT molecular complexity index is 1020. The number of hydrogen-bond donors (Lipinski definition) is 0. The van der Waals surface area contributed by atoms with Crippen LogP contribution in [0.15, 0.2) is 65.6 Å². The fraction of sp³-hybridized carbons (Fsp3) is 0.304. The Morgan fingerprint density at radius 1 is 1.00 bits per heavy atom. The Morgan fingerprint density at radius 2 is 1.67 bits per heavy atom. The average Bonchev–Trinajstić information content (AvgIpc) is 2.71. The molecule has 0 spiro atoms. The number of piperidine rings is 1. The van der Waals surface area contributed by atoms with Gasteiger partial charge in [0.2, 0.25) is 5.43 Å². The van der Waals surface area contributed by atoms with E-state index in [0.717, 1.165) is 24.8 Å². The number of benzene rings is 2. The summed E-state index contributed by atoms with van der Waals surface area (Å²) in [5.74, 6) is 0.454. The summed E-state index contributed by atoms with van der Waals surface area (Å²) >= 11 is 0. The second-order valence-electron chi connectivity index (χ2n) is 7.43. The molecule has 138 valence electrons. The number of aryl methyl sites for hydroxylation is 1. The Hall–Kier alpha value is -2.88. The van der Waals surface area contributed by atoms with Gasteiger partial charge in [-0.1, -0.05) is 42.5 Å². The van der Waals surface area contributed by atoms with Crippen molar-refractivity contribution in [2.24, 2.45) is 13.0 Å². The number of carbonyl (C=O) groups is 1. The summed E-state index contributed by atoms with van der Waals surface area (Å²) in [5, 5.41) is 0.602. The molecule has 1 aliphatic heterocycles. The quantitative estimate of drug-likeness (QED) is 0.716. The van der Waals surface area contributed by atoms with Crippen molar-refractivity contribution in [2.45, 2.75) is 19.3 Å². The molecule has 0 radical (unpaired) electrons. The zero-order chi connectivity index (χ0) is 18.8. The molecule has 1 aromatic heterocycles. The fourth-order valence-electron chi connectivity index (χ4n) is 4.05. The lowest BCUT2D eigenvalue weighted by atomic mass is 9.90. The molecule has 1 saturated heterocycles. The molecule has 1 aliphatic rings. The molecule has 4 nitrogen and oxygen atoms in total. The van der Waals surface area contributed by atoms with E-state index in [-0.39, 0.29) is 16.9 Å². The van der Waals surface area contributed by atoms with E-state index in [1.54, 1.807) is 12.3 Å². The number of likely N-dealkylation sites (tertiary alicyclic amines) is 1. The number of hydrogen-bond acceptors (Lipinski definition) is 2. The maximum Gasteiger partial charge on any atom is 0.259 e. The summed E-state index contributed by atoms with van der Waals surface area (Å²) in [5.41, 5.74) is 2.31. The molecular formula is C23H24N2O2. The van der Waals surface area contributed by atoms with Crippen LogP contribution >= 0.6 is 0 Å². The van der Waals surface area contributed by atoms with Gasteiger partial charge in [-0.25, -0.2) is 0 Å². The number of para-hydroxylation sites is 1. The molecule has 4 heteroatoms. The second-order valence-corrected chi connectivity index (χ2v) is 7.43. The predicted octanol–water partition coefficient (Wildman–Crippen LogP) is 3.63. The van der Waals surface area contributed by atoms with Crippen molar-refractivity contribution in [3.8, 4) is 0 Å². The number of fused-ring (bicyclic) bond motifs is 1. The van der Waals surface area contributed by atoms with Crippen LogP contribution in [0.3, 0.4) is 0 Å². The van der Waals surface area contributed by atoms with E-state index < -0.39 is 0 Å². The number of aromatic nitrogens is 1. The van der Waals surface area contributed by atoms with Gasteiger partial charge < -0.3 is 9.47 Å². The molecule has 2 heterocycles. The number of amides is 1. The summed E-state index contributed by atoms with van der Waals surface area (Å²) in [7, 11) is 1.88. The zero-order valence-corrected chi connectivity index (χ0v) is 15.6. The minimum Gasteiger partial charge on any atom is -0.350 e. The summed E-state index contributed by atoms with van der Waals surface area (Å²) in [6, 6.07) is 17.9. The average molecular weight is 360 g/mol. The van der Waals surface area contributed by atoms with E-state index >= 15 is 0 Å². The summed E-state index contributed by atoms with van der Waals surface area (Å²) in [6.45, 7) is 1.43. The van der Waals surface area contributed by atoms with Crippen LogP contribution < -0.4 is 5.43 Å². The third-order valence-electron chi connectivity index (χ3n) is 5.60. The minimum absolute atomic E-state index is 0.139. The second kappa shape index (κ2) is 7.39. The highest BCUT2D eigenvalue weighted by atomic mass is 16.2. The molecule has 0 N–H and O–H groups in total. The number of nitrogens with zero attached hydrogens (tertiary/aromatic N) is 2. The largest absolute Gasteiger partial charge is 0.350 e. The smallest absolute Gasteiger partial charge is 0.259 e. The van der Waals surface area contributed by atoms with Gasteiger partial charge in [-0.3, -0.25) is 9.59 Å². The Morgan fingerprint density at radius 3 is 2.41 bits per heavy atom. The molecule has 27 heavy (non-hydrogen) atoms. The molecular weight excluding hydrogens is 336 g/mol. The lowest BCUT2D eigenvalue weighted by Crippen LogP contribution is -2.41. The van der Waals surface area contributed by atoms with Gasteiger partial charge in [-0.2, -0.15) is 0 Å². The van der Waals surface area contributed by atoms with Crippen molar-refractivity contribution in [3.05, 3.63) is 82.1 Å². The molecule has 0 saturated carbocycles. The van der Waals surface area contributed by atoms with Gasteiger partial charge in [0, 0.05) is 31.7 Å². The van der Waals surface area contributed by atoms with Gasteiger partial charge in [0.25, 0.3) is 5.91 Å². The maximum absolute atomic E-state index is 13.0. The Kier molecular flexibility index (Phi) is 4.80. The van der Waals surface area contributed by atoms with Crippen molar-refractivity contribution < 1.29 is 4.79 Å². The van der Waals surface area contributed by atoms with Crippen LogP contribution in [0.25, 0.3) is 10.9 Å². The number of rotatable bonds is 3. The van der Waals surface area contributed by atoms with Crippen LogP contribution in [-0.4, -0.2) is 28.5 Å². The van der Waals surface area contributed by atoms with E-state index in [0.29, 0.717) is 24.4 Å². The highest BCUT2D eigenvalue weighted by Crippen LogP contribution is 2.23. The minimum atomic E-state index is -0.167. The molecule has 3 aromatic rings. The lowest BCUT2D eigenvalue weighted by Gasteiger charge is -2.32. The van der Waals surface area contributed by atoms with Crippen molar-refractivity contribution in [1.82, 2.24) is 9.47 Å². The molecule has 0 bridgehead atoms. The first kappa shape index (κ1) is 17.5. The third-order valence-corrected chi connectivity index (χ3v) is 5.60. The Balaban J connectivity index is 1.49. The van der Waals surface area contributed by atoms with Gasteiger partial charge in [0.15, 0.2) is 0 Å². The first-order valence-corrected chi connectivity index (χ1v) is 9.55. The molecule has 0 atom stereocenters. The van der Waals surface area contributed by atoms with Gasteiger partial charge in [-0.05, 0) is 42.9 Å². The van der Waals surface area contributed by atoms with E-state index in [1.165, 1.54) is 5.56 Å². The van der Waals surface area contributed by atoms with E-state index in [9.17, 15) is 9.59 Å². The van der Waals surface area contributed by atoms with Gasteiger partial charge in [-0.15, -0.1) is 0 Å². The van der Waals surface area contributed by atoms with E-state index in [2.05, 4.69) is 24.3 Å². The molecule has 0 unspecified atom stereocenters. The molecule has 2 aromatic carbocycles. The highest BCUT2D eigenvalue weighted by Gasteiger charge is 2.26. The molecule has 4 rings (SSSR count). The summed E-state index contributed by atoms with van der Waals surface area (Å²) < 4.78 is 1.87. The van der Waals surface area contributed by atoms with Crippen molar-refractivity contribution in [3.63, 3.8) is 0 Å². The van der Waals surface area contributed by atoms with E-state index in [1.807, 2.05) is 40.8 Å². The maximum atomic E-state index is 13.0. The third kappa shape index (κ3) is 3.52. The zero-order valence-electron chi connectivity index (χ0n) is 15.6. The van der Waals surface area contributed by atoms with Crippen LogP contribution in [0.2, 0.25) is 0 Å². The fourth-order valence-corrected chi connectivity index (χ4v) is 4.05. The molecule has 1 fully saturated rings. The number of pyridine rings is 1. The van der Waals surface area contributed by atoms with Crippen LogP contribution in [-0.2, 0) is 13.5 Å². The van der Waals surface area contributed by atoms with Gasteiger partial charge in [0.1, 0.15) is 5.56 Å². The normalized spacial score (nSPS) is 15.2. The number of carbonyl (C=O) groups excluding carboxylic acids is 1. The SMILES string of the molecule is Cn1cc(C(=O)N2CCC(Cc3ccccc3)CC2)c(=O)c2ccccc21. The predicted molar refractivity (Wildman–Crippen MR) is 108 cm³/mol. The monoisotopic (exact) mass is 360 g/mol. The topological polar surface area (TPSA) is 42.3 Å². The summed E-state index contributed by atoms with van der Waals surface area (Å²) in [6.07, 6.45) is 4.70. The van der Waals surface area contributed by atoms with Gasteiger partial charge >= 0.3 is 0 Å². The molecule has 1 amide bonds. The van der Waals surface area contributed by atoms with E-state index in [4.69, 9.17) is 0 Å². The molecule has 0 aliphatic carbocycles. The van der Waals surface area contributed by atoms with Gasteiger partial charge in [0.05, 0.1) is 5.52 Å². The van der Waals surface area contributed by atoms with Crippen LogP contribution in [0.5, 0.6) is 0 Å². The lowest BCUT2D eigenvalue weighted by molar-refractivity contribution is 0.0688. The van der Waals surface area contributed by atoms with Crippen molar-refractivity contribution in [2.75, 3.05) is 13.1 Å². The van der Waals surface area contributed by atoms with Crippen molar-refractivity contribution >= 4 is 16.8 Å². The standard InChI is InChI=1S/C23H24N2O2/c1-24-16-20(22(26)19-9-5-6-10-21(19)24)23(27)25-13-11-18(12-14-25)15-17-7-3-2-4-8-17/h2-10,16,18H,11-15H2,1H3. The van der Waals surface area contributed by atoms with Crippen LogP contribution in [0, 0.1) is 5.92 Å². The Labute approximate surface area is 159 Å². The van der Waals surface area contributed by atoms with Crippen LogP contribution in [0.4, 0.5) is 0 Å². The highest BCUT2D eigenvalue weighted by molar-refractivity contribution is 5.97. The first-order valence-electron chi connectivity index (χ1n) is 9.55. The van der Waals surface area contributed by atoms with Crippen molar-refractivity contribution in [1.29, 1.82) is 0 Å². The van der Waals surface area contributed by atoms with Crippen LogP contribution in [0.1, 0.15) is 28.8 Å². The summed E-state index contributed by atoms with van der Waals surface area (Å²) in [4.78, 5) is 27.6.